The first-order chi connectivity index (χ1) is 8.76. The first-order valence-electron chi connectivity index (χ1n) is 6.39. The third-order valence-corrected chi connectivity index (χ3v) is 4.35. The SMILES string of the molecule is NC1(c2noc(CCc3ccsc3)n2)CCCC1. The number of aromatic nitrogens is 2. The van der Waals surface area contributed by atoms with E-state index >= 15 is 0 Å². The lowest BCUT2D eigenvalue weighted by Crippen LogP contribution is -2.34. The second-order valence-electron chi connectivity index (χ2n) is 5.01. The number of thiophene rings is 1. The fraction of sp³-hybridized carbons (Fsp3) is 0.538. The van der Waals surface area contributed by atoms with E-state index in [4.69, 9.17) is 10.3 Å². The molecule has 18 heavy (non-hydrogen) atoms. The quantitative estimate of drug-likeness (QED) is 0.921. The van der Waals surface area contributed by atoms with Crippen molar-refractivity contribution in [1.29, 1.82) is 0 Å². The average Bonchev–Trinajstić information content (AvgIpc) is 3.08. The molecule has 5 heteroatoms. The van der Waals surface area contributed by atoms with Crippen molar-refractivity contribution in [2.75, 3.05) is 0 Å². The molecule has 0 bridgehead atoms. The standard InChI is InChI=1S/C13H17N3OS/c14-13(6-1-2-7-13)12-15-11(17-16-12)4-3-10-5-8-18-9-10/h5,8-9H,1-4,6-7,14H2. The minimum absolute atomic E-state index is 0.343. The second-order valence-corrected chi connectivity index (χ2v) is 5.79. The maximum atomic E-state index is 6.30. The van der Waals surface area contributed by atoms with Gasteiger partial charge in [0.15, 0.2) is 5.82 Å². The topological polar surface area (TPSA) is 64.9 Å². The predicted octanol–water partition coefficient (Wildman–Crippen LogP) is 2.64. The minimum atomic E-state index is -0.343. The molecular formula is C13H17N3OS. The molecule has 0 aliphatic heterocycles. The Morgan fingerprint density at radius 1 is 1.33 bits per heavy atom. The van der Waals surface area contributed by atoms with Gasteiger partial charge in [-0.05, 0) is 41.7 Å². The molecule has 1 saturated carbocycles. The van der Waals surface area contributed by atoms with Gasteiger partial charge < -0.3 is 10.3 Å². The first-order valence-corrected chi connectivity index (χ1v) is 7.34. The lowest BCUT2D eigenvalue weighted by molar-refractivity contribution is 0.348. The van der Waals surface area contributed by atoms with E-state index in [0.29, 0.717) is 11.7 Å². The Morgan fingerprint density at radius 3 is 2.89 bits per heavy atom. The van der Waals surface area contributed by atoms with Crippen molar-refractivity contribution in [3.05, 3.63) is 34.1 Å². The van der Waals surface area contributed by atoms with E-state index in [1.807, 2.05) is 0 Å². The molecule has 0 aromatic carbocycles. The zero-order valence-electron chi connectivity index (χ0n) is 10.3. The summed E-state index contributed by atoms with van der Waals surface area (Å²) in [6.07, 6.45) is 6.00. The van der Waals surface area contributed by atoms with Gasteiger partial charge >= 0.3 is 0 Å². The summed E-state index contributed by atoms with van der Waals surface area (Å²) in [5.74, 6) is 1.40. The highest BCUT2D eigenvalue weighted by Crippen LogP contribution is 2.34. The lowest BCUT2D eigenvalue weighted by atomic mass is 9.99. The van der Waals surface area contributed by atoms with Gasteiger partial charge in [0.2, 0.25) is 5.89 Å². The number of nitrogens with two attached hydrogens (primary N) is 1. The Kier molecular flexibility index (Phi) is 3.18. The maximum Gasteiger partial charge on any atom is 0.227 e. The summed E-state index contributed by atoms with van der Waals surface area (Å²) < 4.78 is 5.30. The van der Waals surface area contributed by atoms with E-state index < -0.39 is 0 Å². The van der Waals surface area contributed by atoms with Crippen LogP contribution in [0.3, 0.4) is 0 Å². The smallest absolute Gasteiger partial charge is 0.227 e. The van der Waals surface area contributed by atoms with Crippen molar-refractivity contribution < 1.29 is 4.52 Å². The van der Waals surface area contributed by atoms with Crippen LogP contribution in [0.15, 0.2) is 21.3 Å². The number of rotatable bonds is 4. The molecule has 2 aromatic heterocycles. The summed E-state index contributed by atoms with van der Waals surface area (Å²) >= 11 is 1.71. The normalized spacial score (nSPS) is 18.3. The Hall–Kier alpha value is -1.20. The fourth-order valence-corrected chi connectivity index (χ4v) is 3.18. The molecule has 1 fully saturated rings. The van der Waals surface area contributed by atoms with Gasteiger partial charge in [0.25, 0.3) is 0 Å². The zero-order chi connectivity index (χ0) is 12.4. The summed E-state index contributed by atoms with van der Waals surface area (Å²) in [6.45, 7) is 0. The van der Waals surface area contributed by atoms with Crippen LogP contribution in [0, 0.1) is 0 Å². The number of aryl methyl sites for hydroxylation is 2. The van der Waals surface area contributed by atoms with E-state index in [2.05, 4.69) is 27.0 Å². The molecule has 96 valence electrons. The van der Waals surface area contributed by atoms with Crippen molar-refractivity contribution in [2.24, 2.45) is 5.73 Å². The molecule has 0 unspecified atom stereocenters. The van der Waals surface area contributed by atoms with E-state index in [0.717, 1.165) is 38.5 Å². The number of nitrogens with zero attached hydrogens (tertiary/aromatic N) is 2. The average molecular weight is 263 g/mol. The van der Waals surface area contributed by atoms with Crippen LogP contribution in [0.2, 0.25) is 0 Å². The molecule has 0 saturated heterocycles. The van der Waals surface area contributed by atoms with E-state index in [1.54, 1.807) is 11.3 Å². The Morgan fingerprint density at radius 2 is 2.17 bits per heavy atom. The van der Waals surface area contributed by atoms with Crippen molar-refractivity contribution in [2.45, 2.75) is 44.1 Å². The summed E-state index contributed by atoms with van der Waals surface area (Å²) in [4.78, 5) is 4.46. The van der Waals surface area contributed by atoms with Crippen LogP contribution in [0.5, 0.6) is 0 Å². The van der Waals surface area contributed by atoms with Crippen LogP contribution >= 0.6 is 11.3 Å². The molecule has 2 aromatic rings. The van der Waals surface area contributed by atoms with E-state index in [9.17, 15) is 0 Å². The van der Waals surface area contributed by atoms with Crippen LogP contribution in [0.25, 0.3) is 0 Å². The molecule has 2 heterocycles. The van der Waals surface area contributed by atoms with Gasteiger partial charge in [-0.25, -0.2) is 0 Å². The molecule has 0 atom stereocenters. The molecule has 3 rings (SSSR count). The summed E-state index contributed by atoms with van der Waals surface area (Å²) in [6, 6.07) is 2.13. The zero-order valence-corrected chi connectivity index (χ0v) is 11.1. The molecule has 1 aliphatic rings. The largest absolute Gasteiger partial charge is 0.339 e. The van der Waals surface area contributed by atoms with Crippen LogP contribution in [-0.2, 0) is 18.4 Å². The Bertz CT molecular complexity index is 500. The first kappa shape index (κ1) is 11.9. The summed E-state index contributed by atoms with van der Waals surface area (Å²) in [5.41, 5.74) is 7.28. The number of hydrogen-bond donors (Lipinski definition) is 1. The molecule has 1 aliphatic carbocycles. The third-order valence-electron chi connectivity index (χ3n) is 3.62. The van der Waals surface area contributed by atoms with Gasteiger partial charge in [-0.3, -0.25) is 0 Å². The van der Waals surface area contributed by atoms with E-state index in [-0.39, 0.29) is 5.54 Å². The molecule has 0 spiro atoms. The van der Waals surface area contributed by atoms with Gasteiger partial charge in [0.1, 0.15) is 0 Å². The van der Waals surface area contributed by atoms with Crippen LogP contribution < -0.4 is 5.73 Å². The highest BCUT2D eigenvalue weighted by molar-refractivity contribution is 7.07. The number of hydrogen-bond acceptors (Lipinski definition) is 5. The van der Waals surface area contributed by atoms with Crippen molar-refractivity contribution in [3.8, 4) is 0 Å². The summed E-state index contributed by atoms with van der Waals surface area (Å²) in [5, 5.41) is 8.30. The highest BCUT2D eigenvalue weighted by atomic mass is 32.1. The second kappa shape index (κ2) is 4.82. The predicted molar refractivity (Wildman–Crippen MR) is 70.4 cm³/mol. The Balaban J connectivity index is 1.66. The van der Waals surface area contributed by atoms with Gasteiger partial charge in [-0.15, -0.1) is 0 Å². The van der Waals surface area contributed by atoms with Crippen molar-refractivity contribution in [3.63, 3.8) is 0 Å². The fourth-order valence-electron chi connectivity index (χ4n) is 2.47. The molecule has 2 N–H and O–H groups in total. The van der Waals surface area contributed by atoms with Gasteiger partial charge in [-0.1, -0.05) is 18.0 Å². The lowest BCUT2D eigenvalue weighted by Gasteiger charge is -2.17. The van der Waals surface area contributed by atoms with Gasteiger partial charge in [0.05, 0.1) is 5.54 Å². The van der Waals surface area contributed by atoms with Crippen molar-refractivity contribution >= 4 is 11.3 Å². The maximum absolute atomic E-state index is 6.30. The molecular weight excluding hydrogens is 246 g/mol. The monoisotopic (exact) mass is 263 g/mol. The molecule has 0 amide bonds. The van der Waals surface area contributed by atoms with Gasteiger partial charge in [-0.2, -0.15) is 16.3 Å². The third kappa shape index (κ3) is 2.33. The Labute approximate surface area is 110 Å². The molecule has 0 radical (unpaired) electrons. The van der Waals surface area contributed by atoms with Crippen LogP contribution in [-0.4, -0.2) is 10.1 Å². The summed E-state index contributed by atoms with van der Waals surface area (Å²) in [7, 11) is 0. The molecule has 4 nitrogen and oxygen atoms in total. The van der Waals surface area contributed by atoms with E-state index in [1.165, 1.54) is 5.56 Å². The minimum Gasteiger partial charge on any atom is -0.339 e. The van der Waals surface area contributed by atoms with Crippen molar-refractivity contribution in [1.82, 2.24) is 10.1 Å². The highest BCUT2D eigenvalue weighted by Gasteiger charge is 2.35. The van der Waals surface area contributed by atoms with Crippen LogP contribution in [0.1, 0.15) is 43.0 Å². The van der Waals surface area contributed by atoms with Gasteiger partial charge in [0, 0.05) is 6.42 Å². The van der Waals surface area contributed by atoms with Crippen LogP contribution in [0.4, 0.5) is 0 Å².